The standard InChI is InChI=1S/C31H54N2O8/c1-14-19-37-23(20-33-18-16-21(33)25(34)39-29(5,6)7)24(27(36)41-31(11,12)13)32-17-15-22(38-28(2,3)4)26(35)40-30(8,9)10/h1,21-24,32H,15-20H2,2-13H3/t21-,22-,23?,24-/m0/s1. The third-order valence-corrected chi connectivity index (χ3v) is 5.57. The number of carbonyl (C=O) groups is 3. The number of terminal acetylenes is 1. The van der Waals surface area contributed by atoms with Crippen molar-refractivity contribution in [1.29, 1.82) is 0 Å². The zero-order valence-electron chi connectivity index (χ0n) is 27.3. The first kappa shape index (κ1) is 36.8. The van der Waals surface area contributed by atoms with Gasteiger partial charge in [-0.3, -0.25) is 14.5 Å². The Bertz CT molecular complexity index is 915. The lowest BCUT2D eigenvalue weighted by Gasteiger charge is -2.43. The van der Waals surface area contributed by atoms with Crippen molar-refractivity contribution >= 4 is 17.9 Å². The molecule has 4 atom stereocenters. The van der Waals surface area contributed by atoms with E-state index >= 15 is 0 Å². The van der Waals surface area contributed by atoms with Crippen molar-refractivity contribution in [2.75, 3.05) is 26.2 Å². The van der Waals surface area contributed by atoms with Gasteiger partial charge in [0.05, 0.1) is 11.7 Å². The van der Waals surface area contributed by atoms with Crippen molar-refractivity contribution in [3.63, 3.8) is 0 Å². The number of esters is 3. The fourth-order valence-corrected chi connectivity index (χ4v) is 4.06. The summed E-state index contributed by atoms with van der Waals surface area (Å²) in [5, 5.41) is 3.22. The van der Waals surface area contributed by atoms with Gasteiger partial charge in [-0.05, 0) is 102 Å². The quantitative estimate of drug-likeness (QED) is 0.196. The molecule has 0 amide bonds. The van der Waals surface area contributed by atoms with Crippen LogP contribution in [-0.2, 0) is 38.1 Å². The Hall–Kier alpha value is -2.19. The van der Waals surface area contributed by atoms with E-state index in [4.69, 9.17) is 30.1 Å². The molecular formula is C31H54N2O8. The predicted octanol–water partition coefficient (Wildman–Crippen LogP) is 3.64. The molecule has 0 aromatic rings. The summed E-state index contributed by atoms with van der Waals surface area (Å²) in [6.45, 7) is 22.8. The number of nitrogens with one attached hydrogen (secondary N) is 1. The van der Waals surface area contributed by atoms with E-state index in [-0.39, 0.29) is 32.1 Å². The lowest BCUT2D eigenvalue weighted by atomic mass is 10.00. The Balaban J connectivity index is 3.16. The highest BCUT2D eigenvalue weighted by molar-refractivity contribution is 5.78. The molecule has 1 aliphatic rings. The van der Waals surface area contributed by atoms with E-state index < -0.39 is 58.6 Å². The molecule has 0 aromatic heterocycles. The van der Waals surface area contributed by atoms with E-state index in [9.17, 15) is 14.4 Å². The van der Waals surface area contributed by atoms with Crippen LogP contribution in [0.25, 0.3) is 0 Å². The summed E-state index contributed by atoms with van der Waals surface area (Å²) in [7, 11) is 0. The van der Waals surface area contributed by atoms with E-state index in [1.807, 2.05) is 46.4 Å². The molecule has 0 saturated carbocycles. The highest BCUT2D eigenvalue weighted by Crippen LogP contribution is 2.24. The molecule has 1 saturated heterocycles. The summed E-state index contributed by atoms with van der Waals surface area (Å²) >= 11 is 0. The third kappa shape index (κ3) is 15.0. The molecular weight excluding hydrogens is 528 g/mol. The SMILES string of the molecule is C#CCOC(CN1CC[C@H]1C(=O)OC(C)(C)C)[C@H](NCC[C@H](OC(C)(C)C)C(=O)OC(C)(C)C)C(=O)OC(C)(C)C. The zero-order valence-corrected chi connectivity index (χ0v) is 27.3. The van der Waals surface area contributed by atoms with E-state index in [1.165, 1.54) is 0 Å². The van der Waals surface area contributed by atoms with E-state index in [0.717, 1.165) is 0 Å². The predicted molar refractivity (Wildman–Crippen MR) is 157 cm³/mol. The number of rotatable bonds is 13. The van der Waals surface area contributed by atoms with Gasteiger partial charge in [0, 0.05) is 13.1 Å². The number of carbonyl (C=O) groups excluding carboxylic acids is 3. The molecule has 1 fully saturated rings. The molecule has 10 heteroatoms. The van der Waals surface area contributed by atoms with Crippen LogP contribution in [0.15, 0.2) is 0 Å². The van der Waals surface area contributed by atoms with Gasteiger partial charge in [0.15, 0.2) is 6.10 Å². The number of ether oxygens (including phenoxy) is 5. The van der Waals surface area contributed by atoms with Gasteiger partial charge in [-0.25, -0.2) is 4.79 Å². The van der Waals surface area contributed by atoms with Gasteiger partial charge < -0.3 is 29.0 Å². The molecule has 0 spiro atoms. The lowest BCUT2D eigenvalue weighted by molar-refractivity contribution is -0.177. The van der Waals surface area contributed by atoms with Crippen LogP contribution in [0.5, 0.6) is 0 Å². The minimum atomic E-state index is -0.934. The molecule has 1 aliphatic heterocycles. The highest BCUT2D eigenvalue weighted by atomic mass is 16.6. The summed E-state index contributed by atoms with van der Waals surface area (Å²) in [6.07, 6.45) is 4.76. The zero-order chi connectivity index (χ0) is 31.8. The molecule has 0 aliphatic carbocycles. The molecule has 1 N–H and O–H groups in total. The van der Waals surface area contributed by atoms with Crippen LogP contribution in [0.2, 0.25) is 0 Å². The second-order valence-corrected chi connectivity index (χ2v) is 14.4. The van der Waals surface area contributed by atoms with Gasteiger partial charge in [-0.2, -0.15) is 0 Å². The maximum Gasteiger partial charge on any atom is 0.335 e. The van der Waals surface area contributed by atoms with Crippen LogP contribution in [-0.4, -0.2) is 95.7 Å². The molecule has 41 heavy (non-hydrogen) atoms. The monoisotopic (exact) mass is 582 g/mol. The summed E-state index contributed by atoms with van der Waals surface area (Å²) in [5.74, 6) is 1.13. The van der Waals surface area contributed by atoms with Gasteiger partial charge in [-0.15, -0.1) is 6.42 Å². The van der Waals surface area contributed by atoms with Crippen molar-refractivity contribution in [1.82, 2.24) is 10.2 Å². The van der Waals surface area contributed by atoms with E-state index in [0.29, 0.717) is 13.0 Å². The van der Waals surface area contributed by atoms with Crippen molar-refractivity contribution in [3.05, 3.63) is 0 Å². The van der Waals surface area contributed by atoms with Crippen molar-refractivity contribution in [3.8, 4) is 12.3 Å². The molecule has 236 valence electrons. The van der Waals surface area contributed by atoms with E-state index in [2.05, 4.69) is 11.2 Å². The average Bonchev–Trinajstić information content (AvgIpc) is 2.71. The van der Waals surface area contributed by atoms with E-state index in [1.54, 1.807) is 41.5 Å². The van der Waals surface area contributed by atoms with Gasteiger partial charge in [0.25, 0.3) is 0 Å². The largest absolute Gasteiger partial charge is 0.459 e. The number of hydrogen-bond acceptors (Lipinski definition) is 10. The number of likely N-dealkylation sites (tertiary alicyclic amines) is 1. The van der Waals surface area contributed by atoms with Crippen LogP contribution < -0.4 is 5.32 Å². The lowest BCUT2D eigenvalue weighted by Crippen LogP contribution is -2.60. The maximum atomic E-state index is 13.4. The minimum absolute atomic E-state index is 0.0374. The maximum absolute atomic E-state index is 13.4. The Morgan fingerprint density at radius 3 is 1.83 bits per heavy atom. The van der Waals surface area contributed by atoms with Crippen LogP contribution in [0.1, 0.15) is 95.9 Å². The second kappa shape index (κ2) is 14.8. The van der Waals surface area contributed by atoms with Gasteiger partial charge >= 0.3 is 17.9 Å². The number of hydrogen-bond donors (Lipinski definition) is 1. The first-order valence-electron chi connectivity index (χ1n) is 14.4. The molecule has 1 heterocycles. The first-order valence-corrected chi connectivity index (χ1v) is 14.4. The topological polar surface area (TPSA) is 113 Å². The van der Waals surface area contributed by atoms with Crippen LogP contribution >= 0.6 is 0 Å². The molecule has 1 unspecified atom stereocenters. The first-order chi connectivity index (χ1) is 18.5. The van der Waals surface area contributed by atoms with Gasteiger partial charge in [-0.1, -0.05) is 5.92 Å². The third-order valence-electron chi connectivity index (χ3n) is 5.57. The smallest absolute Gasteiger partial charge is 0.335 e. The van der Waals surface area contributed by atoms with Crippen molar-refractivity contribution in [2.45, 2.75) is 143 Å². The Morgan fingerprint density at radius 2 is 1.39 bits per heavy atom. The Morgan fingerprint density at radius 1 is 0.854 bits per heavy atom. The van der Waals surface area contributed by atoms with Gasteiger partial charge in [0.2, 0.25) is 0 Å². The molecule has 0 aromatic carbocycles. The summed E-state index contributed by atoms with van der Waals surface area (Å²) in [5.41, 5.74) is -2.64. The van der Waals surface area contributed by atoms with Crippen molar-refractivity contribution < 1.29 is 38.1 Å². The minimum Gasteiger partial charge on any atom is -0.459 e. The van der Waals surface area contributed by atoms with Crippen LogP contribution in [0.3, 0.4) is 0 Å². The fourth-order valence-electron chi connectivity index (χ4n) is 4.06. The second-order valence-electron chi connectivity index (χ2n) is 14.4. The normalized spacial score (nSPS) is 18.9. The van der Waals surface area contributed by atoms with Crippen LogP contribution in [0, 0.1) is 12.3 Å². The fraction of sp³-hybridized carbons (Fsp3) is 0.839. The van der Waals surface area contributed by atoms with Crippen molar-refractivity contribution in [2.24, 2.45) is 0 Å². The number of nitrogens with zero attached hydrogens (tertiary/aromatic N) is 1. The molecule has 1 rings (SSSR count). The van der Waals surface area contributed by atoms with Crippen LogP contribution in [0.4, 0.5) is 0 Å². The summed E-state index contributed by atoms with van der Waals surface area (Å²) < 4.78 is 28.9. The summed E-state index contributed by atoms with van der Waals surface area (Å²) in [6, 6.07) is -1.38. The Kier molecular flexibility index (Phi) is 13.3. The van der Waals surface area contributed by atoms with Gasteiger partial charge in [0.1, 0.15) is 35.5 Å². The summed E-state index contributed by atoms with van der Waals surface area (Å²) in [4.78, 5) is 41.0. The average molecular weight is 583 g/mol. The Labute approximate surface area is 247 Å². The highest BCUT2D eigenvalue weighted by Gasteiger charge is 2.42. The molecule has 10 nitrogen and oxygen atoms in total. The molecule has 0 radical (unpaired) electrons. The molecule has 0 bridgehead atoms.